The Kier molecular flexibility index (Phi) is 4.34. The second kappa shape index (κ2) is 6.00. The number of carboxylic acid groups (broad SMARTS) is 1. The number of carbonyl (C=O) groups is 2. The number of halogens is 1. The predicted octanol–water partition coefficient (Wildman–Crippen LogP) is 2.94. The van der Waals surface area contributed by atoms with E-state index in [0.717, 1.165) is 4.70 Å². The predicted molar refractivity (Wildman–Crippen MR) is 75.7 cm³/mol. The molecule has 1 heterocycles. The van der Waals surface area contributed by atoms with Gasteiger partial charge < -0.3 is 10.4 Å². The molecule has 2 rings (SSSR count). The van der Waals surface area contributed by atoms with Crippen LogP contribution < -0.4 is 5.32 Å². The van der Waals surface area contributed by atoms with Gasteiger partial charge in [-0.25, -0.2) is 4.39 Å². The number of aliphatic carboxylic acids is 1. The molecular weight excluding hydrogens is 281 g/mol. The quantitative estimate of drug-likeness (QED) is 0.833. The first kappa shape index (κ1) is 14.5. The number of carboxylic acids is 1. The maximum atomic E-state index is 13.7. The van der Waals surface area contributed by atoms with Gasteiger partial charge in [-0.1, -0.05) is 6.07 Å². The average molecular weight is 295 g/mol. The highest BCUT2D eigenvalue weighted by Crippen LogP contribution is 2.32. The van der Waals surface area contributed by atoms with E-state index < -0.39 is 5.97 Å². The lowest BCUT2D eigenvalue weighted by Gasteiger charge is -2.03. The molecule has 0 unspecified atom stereocenters. The second-order valence-electron chi connectivity index (χ2n) is 4.42. The van der Waals surface area contributed by atoms with Crippen LogP contribution in [0.1, 0.15) is 28.1 Å². The molecule has 1 aromatic heterocycles. The number of aryl methyl sites for hydroxylation is 1. The van der Waals surface area contributed by atoms with Crippen LogP contribution in [0.4, 0.5) is 4.39 Å². The van der Waals surface area contributed by atoms with Crippen LogP contribution in [0.3, 0.4) is 0 Å². The Morgan fingerprint density at radius 1 is 1.40 bits per heavy atom. The van der Waals surface area contributed by atoms with Gasteiger partial charge in [0.25, 0.3) is 5.91 Å². The van der Waals surface area contributed by atoms with Crippen molar-refractivity contribution in [2.75, 3.05) is 6.54 Å². The molecule has 0 saturated carbocycles. The minimum atomic E-state index is -0.889. The van der Waals surface area contributed by atoms with E-state index in [0.29, 0.717) is 28.8 Å². The molecule has 20 heavy (non-hydrogen) atoms. The Morgan fingerprint density at radius 3 is 2.80 bits per heavy atom. The van der Waals surface area contributed by atoms with Crippen molar-refractivity contribution >= 4 is 33.3 Å². The van der Waals surface area contributed by atoms with E-state index in [1.807, 2.05) is 0 Å². The first-order valence-corrected chi connectivity index (χ1v) is 7.00. The summed E-state index contributed by atoms with van der Waals surface area (Å²) < 4.78 is 14.5. The monoisotopic (exact) mass is 295 g/mol. The SMILES string of the molecule is Cc1c(C(=O)NCCCC(=O)O)sc2cccc(F)c12. The van der Waals surface area contributed by atoms with E-state index in [1.54, 1.807) is 19.1 Å². The van der Waals surface area contributed by atoms with Crippen LogP contribution >= 0.6 is 11.3 Å². The number of fused-ring (bicyclic) bond motifs is 1. The zero-order valence-corrected chi connectivity index (χ0v) is 11.7. The summed E-state index contributed by atoms with van der Waals surface area (Å²) in [6.45, 7) is 2.01. The normalized spacial score (nSPS) is 10.7. The molecule has 2 aromatic rings. The zero-order chi connectivity index (χ0) is 14.7. The minimum absolute atomic E-state index is 0.0142. The first-order chi connectivity index (χ1) is 9.50. The third-order valence-electron chi connectivity index (χ3n) is 2.96. The van der Waals surface area contributed by atoms with E-state index >= 15 is 0 Å². The van der Waals surface area contributed by atoms with Crippen LogP contribution in [0.2, 0.25) is 0 Å². The number of nitrogens with one attached hydrogen (secondary N) is 1. The number of amides is 1. The van der Waals surface area contributed by atoms with Gasteiger partial charge >= 0.3 is 5.97 Å². The number of carbonyl (C=O) groups excluding carboxylic acids is 1. The maximum absolute atomic E-state index is 13.7. The van der Waals surface area contributed by atoms with Gasteiger partial charge in [0.05, 0.1) is 4.88 Å². The maximum Gasteiger partial charge on any atom is 0.303 e. The highest BCUT2D eigenvalue weighted by molar-refractivity contribution is 7.21. The lowest BCUT2D eigenvalue weighted by molar-refractivity contribution is -0.137. The number of rotatable bonds is 5. The molecule has 0 fully saturated rings. The van der Waals surface area contributed by atoms with Gasteiger partial charge in [0.1, 0.15) is 5.82 Å². The minimum Gasteiger partial charge on any atom is -0.481 e. The Morgan fingerprint density at radius 2 is 2.15 bits per heavy atom. The van der Waals surface area contributed by atoms with Crippen LogP contribution in [0, 0.1) is 12.7 Å². The lowest BCUT2D eigenvalue weighted by atomic mass is 10.1. The van der Waals surface area contributed by atoms with Crippen LogP contribution in [-0.2, 0) is 4.79 Å². The summed E-state index contributed by atoms with van der Waals surface area (Å²) in [5.74, 6) is -1.51. The second-order valence-corrected chi connectivity index (χ2v) is 5.47. The van der Waals surface area contributed by atoms with Crippen molar-refractivity contribution in [1.82, 2.24) is 5.32 Å². The summed E-state index contributed by atoms with van der Waals surface area (Å²) >= 11 is 1.24. The summed E-state index contributed by atoms with van der Waals surface area (Å²) in [5, 5.41) is 11.7. The smallest absolute Gasteiger partial charge is 0.303 e. The number of hydrogen-bond acceptors (Lipinski definition) is 3. The van der Waals surface area contributed by atoms with E-state index in [2.05, 4.69) is 5.32 Å². The van der Waals surface area contributed by atoms with E-state index in [-0.39, 0.29) is 18.1 Å². The number of thiophene rings is 1. The van der Waals surface area contributed by atoms with Crippen molar-refractivity contribution in [3.05, 3.63) is 34.5 Å². The van der Waals surface area contributed by atoms with Crippen molar-refractivity contribution in [3.8, 4) is 0 Å². The summed E-state index contributed by atoms with van der Waals surface area (Å²) in [7, 11) is 0. The molecule has 0 aliphatic carbocycles. The number of hydrogen-bond donors (Lipinski definition) is 2. The molecule has 0 atom stereocenters. The molecule has 6 heteroatoms. The molecule has 0 bridgehead atoms. The van der Waals surface area contributed by atoms with Crippen molar-refractivity contribution in [2.45, 2.75) is 19.8 Å². The van der Waals surface area contributed by atoms with Crippen LogP contribution in [0.5, 0.6) is 0 Å². The molecule has 4 nitrogen and oxygen atoms in total. The van der Waals surface area contributed by atoms with Gasteiger partial charge in [-0.05, 0) is 31.0 Å². The Balaban J connectivity index is 2.13. The Labute approximate surface area is 119 Å². The molecule has 2 N–H and O–H groups in total. The highest BCUT2D eigenvalue weighted by Gasteiger charge is 2.17. The van der Waals surface area contributed by atoms with Crippen LogP contribution in [-0.4, -0.2) is 23.5 Å². The van der Waals surface area contributed by atoms with Crippen molar-refractivity contribution in [1.29, 1.82) is 0 Å². The van der Waals surface area contributed by atoms with Crippen molar-refractivity contribution in [3.63, 3.8) is 0 Å². The van der Waals surface area contributed by atoms with E-state index in [1.165, 1.54) is 17.4 Å². The average Bonchev–Trinajstić information content (AvgIpc) is 2.73. The van der Waals surface area contributed by atoms with Crippen LogP contribution in [0.25, 0.3) is 10.1 Å². The summed E-state index contributed by atoms with van der Waals surface area (Å²) in [4.78, 5) is 22.9. The third kappa shape index (κ3) is 2.96. The van der Waals surface area contributed by atoms with E-state index in [4.69, 9.17) is 5.11 Å². The standard InChI is InChI=1S/C14H14FNO3S/c1-8-12-9(15)4-2-5-10(12)20-13(8)14(19)16-7-3-6-11(17)18/h2,4-5H,3,6-7H2,1H3,(H,16,19)(H,17,18). The topological polar surface area (TPSA) is 66.4 Å². The van der Waals surface area contributed by atoms with Crippen molar-refractivity contribution < 1.29 is 19.1 Å². The molecule has 1 amide bonds. The molecule has 0 aliphatic rings. The van der Waals surface area contributed by atoms with Crippen molar-refractivity contribution in [2.24, 2.45) is 0 Å². The fourth-order valence-corrected chi connectivity index (χ4v) is 3.13. The fourth-order valence-electron chi connectivity index (χ4n) is 1.99. The van der Waals surface area contributed by atoms with E-state index in [9.17, 15) is 14.0 Å². The highest BCUT2D eigenvalue weighted by atomic mass is 32.1. The first-order valence-electron chi connectivity index (χ1n) is 6.18. The molecule has 0 aliphatic heterocycles. The van der Waals surface area contributed by atoms with Gasteiger partial charge in [0, 0.05) is 23.1 Å². The molecular formula is C14H14FNO3S. The van der Waals surface area contributed by atoms with Gasteiger partial charge in [-0.2, -0.15) is 0 Å². The summed E-state index contributed by atoms with van der Waals surface area (Å²) in [5.41, 5.74) is 0.624. The molecule has 1 aromatic carbocycles. The summed E-state index contributed by atoms with van der Waals surface area (Å²) in [6, 6.07) is 4.76. The van der Waals surface area contributed by atoms with Gasteiger partial charge in [0.2, 0.25) is 0 Å². The fraction of sp³-hybridized carbons (Fsp3) is 0.286. The van der Waals surface area contributed by atoms with Gasteiger partial charge in [-0.15, -0.1) is 11.3 Å². The van der Waals surface area contributed by atoms with Crippen LogP contribution in [0.15, 0.2) is 18.2 Å². The molecule has 106 valence electrons. The largest absolute Gasteiger partial charge is 0.481 e. The molecule has 0 spiro atoms. The summed E-state index contributed by atoms with van der Waals surface area (Å²) in [6.07, 6.45) is 0.389. The van der Waals surface area contributed by atoms with Gasteiger partial charge in [0.15, 0.2) is 0 Å². The Hall–Kier alpha value is -1.95. The third-order valence-corrected chi connectivity index (χ3v) is 4.22. The lowest BCUT2D eigenvalue weighted by Crippen LogP contribution is -2.24. The number of benzene rings is 1. The molecule has 0 saturated heterocycles. The molecule has 0 radical (unpaired) electrons. The zero-order valence-electron chi connectivity index (χ0n) is 10.9. The van der Waals surface area contributed by atoms with Gasteiger partial charge in [-0.3, -0.25) is 9.59 Å². The Bertz CT molecular complexity index is 666.